The lowest BCUT2D eigenvalue weighted by atomic mass is 9.82. The molecule has 0 spiro atoms. The summed E-state index contributed by atoms with van der Waals surface area (Å²) in [5.74, 6) is 0.678. The van der Waals surface area contributed by atoms with Crippen LogP contribution in [0, 0.1) is 5.92 Å². The Bertz CT molecular complexity index is 1040. The number of carbonyl (C=O) groups is 2. The topological polar surface area (TPSA) is 125 Å². The van der Waals surface area contributed by atoms with Gasteiger partial charge in [-0.05, 0) is 43.4 Å². The third kappa shape index (κ3) is 5.63. The number of hydrogen-bond donors (Lipinski definition) is 6. The van der Waals surface area contributed by atoms with Crippen LogP contribution in [0.15, 0.2) is 36.8 Å². The second-order valence-corrected chi connectivity index (χ2v) is 11.7. The maximum Gasteiger partial charge on any atom is 0.246 e. The first-order chi connectivity index (χ1) is 19.4. The molecule has 0 aromatic rings. The Kier molecular flexibility index (Phi) is 8.11. The van der Waals surface area contributed by atoms with Gasteiger partial charge in [0.1, 0.15) is 30.7 Å². The van der Waals surface area contributed by atoms with Crippen molar-refractivity contribution >= 4 is 11.8 Å². The van der Waals surface area contributed by atoms with Crippen LogP contribution in [0.1, 0.15) is 32.6 Å². The number of halogens is 1. The fourth-order valence-corrected chi connectivity index (χ4v) is 6.89. The van der Waals surface area contributed by atoms with Crippen LogP contribution in [0.5, 0.6) is 0 Å². The van der Waals surface area contributed by atoms with E-state index >= 15 is 4.39 Å². The number of carbonyl (C=O) groups excluding carboxylic acids is 2. The predicted molar refractivity (Wildman–Crippen MR) is 146 cm³/mol. The predicted octanol–water partition coefficient (Wildman–Crippen LogP) is -1.02. The lowest BCUT2D eigenvalue weighted by Crippen LogP contribution is -2.76. The zero-order valence-electron chi connectivity index (χ0n) is 23.0. The van der Waals surface area contributed by atoms with Crippen molar-refractivity contribution in [2.24, 2.45) is 5.92 Å². The first-order valence-corrected chi connectivity index (χ1v) is 14.5. The second kappa shape index (κ2) is 11.7. The van der Waals surface area contributed by atoms with Crippen LogP contribution < -0.4 is 32.0 Å². The van der Waals surface area contributed by atoms with Crippen LogP contribution >= 0.6 is 0 Å². The van der Waals surface area contributed by atoms with E-state index in [4.69, 9.17) is 4.74 Å². The molecule has 0 aromatic carbocycles. The summed E-state index contributed by atoms with van der Waals surface area (Å²) >= 11 is 0. The molecule has 6 N–H and O–H groups in total. The summed E-state index contributed by atoms with van der Waals surface area (Å²) in [6, 6.07) is -0.0970. The molecule has 1 aliphatic carbocycles. The second-order valence-electron chi connectivity index (χ2n) is 11.7. The molecule has 40 heavy (non-hydrogen) atoms. The molecule has 9 atom stereocenters. The van der Waals surface area contributed by atoms with E-state index in [-0.39, 0.29) is 67.0 Å². The normalized spacial score (nSPS) is 39.9. The number of piperazine rings is 1. The van der Waals surface area contributed by atoms with Gasteiger partial charge in [-0.1, -0.05) is 13.5 Å². The molecule has 9 unspecified atom stereocenters. The summed E-state index contributed by atoms with van der Waals surface area (Å²) in [5.41, 5.74) is 3.21. The molecular formula is C27H42FN9O3. The molecule has 2 amide bonds. The molecule has 5 fully saturated rings. The molecule has 5 aliphatic heterocycles. The zero-order valence-corrected chi connectivity index (χ0v) is 23.0. The number of alkyl halides is 1. The van der Waals surface area contributed by atoms with Gasteiger partial charge < -0.3 is 14.5 Å². The van der Waals surface area contributed by atoms with E-state index in [9.17, 15) is 9.59 Å². The molecule has 12 nitrogen and oxygen atoms in total. The third-order valence-electron chi connectivity index (χ3n) is 9.16. The summed E-state index contributed by atoms with van der Waals surface area (Å²) in [4.78, 5) is 28.3. The lowest BCUT2D eigenvalue weighted by molar-refractivity contribution is -0.146. The highest BCUT2D eigenvalue weighted by molar-refractivity contribution is 5.91. The van der Waals surface area contributed by atoms with E-state index in [1.807, 2.05) is 28.3 Å². The van der Waals surface area contributed by atoms with Crippen LogP contribution in [-0.2, 0) is 14.3 Å². The Hall–Kier alpha value is -2.55. The highest BCUT2D eigenvalue weighted by atomic mass is 19.1. The van der Waals surface area contributed by atoms with Crippen LogP contribution in [0.25, 0.3) is 0 Å². The zero-order chi connectivity index (χ0) is 27.8. The minimum Gasteiger partial charge on any atom is -0.490 e. The summed E-state index contributed by atoms with van der Waals surface area (Å²) in [5, 5.41) is 19.6. The maximum absolute atomic E-state index is 15.6. The van der Waals surface area contributed by atoms with E-state index < -0.39 is 6.17 Å². The number of piperidine rings is 1. The number of hydrogen-bond acceptors (Lipinski definition) is 10. The average Bonchev–Trinajstić information content (AvgIpc) is 3.43. The number of amides is 2. The van der Waals surface area contributed by atoms with Crippen molar-refractivity contribution < 1.29 is 18.7 Å². The Morgan fingerprint density at radius 3 is 2.90 bits per heavy atom. The first-order valence-electron chi connectivity index (χ1n) is 14.5. The Balaban J connectivity index is 1.05. The lowest BCUT2D eigenvalue weighted by Gasteiger charge is -2.50. The fraction of sp³-hybridized carbons (Fsp3) is 0.704. The third-order valence-corrected chi connectivity index (χ3v) is 9.16. The number of ether oxygens (including phenoxy) is 1. The molecule has 0 aromatic heterocycles. The van der Waals surface area contributed by atoms with Gasteiger partial charge >= 0.3 is 0 Å². The summed E-state index contributed by atoms with van der Waals surface area (Å²) in [7, 11) is 0. The van der Waals surface area contributed by atoms with Gasteiger partial charge in [0.15, 0.2) is 0 Å². The molecule has 220 valence electrons. The molecular weight excluding hydrogens is 517 g/mol. The van der Waals surface area contributed by atoms with Crippen LogP contribution in [-0.4, -0.2) is 108 Å². The number of fused-ring (bicyclic) bond motifs is 2. The van der Waals surface area contributed by atoms with Crippen molar-refractivity contribution in [2.45, 2.75) is 81.5 Å². The van der Waals surface area contributed by atoms with Gasteiger partial charge in [0, 0.05) is 44.5 Å². The van der Waals surface area contributed by atoms with Gasteiger partial charge in [0.25, 0.3) is 0 Å². The van der Waals surface area contributed by atoms with Gasteiger partial charge in [0.05, 0.1) is 25.0 Å². The average molecular weight is 560 g/mol. The van der Waals surface area contributed by atoms with Gasteiger partial charge in [-0.25, -0.2) is 9.82 Å². The standard InChI is InChI=1S/C27H42FN9O3/c1-3-24(38)35-8-9-36(25(39)13-35)22-5-4-19-26(34-22)27(31-14-29-19)33-20-10-16(2)21(12-18(20)28)40-17-6-7-37-23(11-17)30-15-32-37/h3,6-7,11,16,18-23,26-27,29-34H,1,4-5,8-10,12-15H2,2H3. The molecule has 6 rings (SSSR count). The van der Waals surface area contributed by atoms with E-state index in [0.29, 0.717) is 39.3 Å². The number of nitrogens with zero attached hydrogens (tertiary/aromatic N) is 3. The number of nitrogens with one attached hydrogen (secondary N) is 6. The molecule has 4 saturated heterocycles. The minimum absolute atomic E-state index is 0.0161. The van der Waals surface area contributed by atoms with Crippen LogP contribution in [0.3, 0.4) is 0 Å². The highest BCUT2D eigenvalue weighted by Crippen LogP contribution is 2.32. The van der Waals surface area contributed by atoms with Crippen molar-refractivity contribution in [3.63, 3.8) is 0 Å². The van der Waals surface area contributed by atoms with Crippen LogP contribution in [0.2, 0.25) is 0 Å². The summed E-state index contributed by atoms with van der Waals surface area (Å²) in [6.07, 6.45) is 8.44. The highest BCUT2D eigenvalue weighted by Gasteiger charge is 2.44. The molecule has 1 saturated carbocycles. The molecule has 5 heterocycles. The van der Waals surface area contributed by atoms with Crippen molar-refractivity contribution in [2.75, 3.05) is 33.0 Å². The Morgan fingerprint density at radius 1 is 1.20 bits per heavy atom. The smallest absolute Gasteiger partial charge is 0.246 e. The molecule has 0 radical (unpaired) electrons. The summed E-state index contributed by atoms with van der Waals surface area (Å²) in [6.45, 7) is 8.05. The maximum atomic E-state index is 15.6. The van der Waals surface area contributed by atoms with Gasteiger partial charge in [-0.2, -0.15) is 0 Å². The molecule has 6 aliphatic rings. The molecule has 13 heteroatoms. The fourth-order valence-electron chi connectivity index (χ4n) is 6.89. The van der Waals surface area contributed by atoms with Gasteiger partial charge in [0.2, 0.25) is 11.8 Å². The monoisotopic (exact) mass is 559 g/mol. The van der Waals surface area contributed by atoms with Gasteiger partial charge in [-0.15, -0.1) is 0 Å². The van der Waals surface area contributed by atoms with Crippen molar-refractivity contribution in [1.82, 2.24) is 46.8 Å². The largest absolute Gasteiger partial charge is 0.490 e. The number of allylic oxidation sites excluding steroid dienone is 1. The van der Waals surface area contributed by atoms with Crippen LogP contribution in [0.4, 0.5) is 4.39 Å². The Morgan fingerprint density at radius 2 is 2.08 bits per heavy atom. The van der Waals surface area contributed by atoms with E-state index in [0.717, 1.165) is 18.6 Å². The van der Waals surface area contributed by atoms with E-state index in [2.05, 4.69) is 45.5 Å². The minimum atomic E-state index is -1.04. The Labute approximate surface area is 234 Å². The van der Waals surface area contributed by atoms with E-state index in [1.165, 1.54) is 11.0 Å². The number of hydrazine groups is 1. The van der Waals surface area contributed by atoms with Crippen molar-refractivity contribution in [3.8, 4) is 0 Å². The van der Waals surface area contributed by atoms with Crippen molar-refractivity contribution in [3.05, 3.63) is 36.8 Å². The van der Waals surface area contributed by atoms with Crippen molar-refractivity contribution in [1.29, 1.82) is 0 Å². The van der Waals surface area contributed by atoms with E-state index in [1.54, 1.807) is 0 Å². The quantitative estimate of drug-likeness (QED) is 0.226. The number of rotatable bonds is 6. The SMILES string of the molecule is C=CC(=O)N1CCN(C2CCC3NCNC(NC4CC(C)C(OC5=CC6NCNN6C=C5)CC4F)C3N2)C(=O)C1. The summed E-state index contributed by atoms with van der Waals surface area (Å²) < 4.78 is 21.9. The molecule has 0 bridgehead atoms. The first kappa shape index (κ1) is 27.6. The van der Waals surface area contributed by atoms with Gasteiger partial charge in [-0.3, -0.25) is 41.2 Å².